The summed E-state index contributed by atoms with van der Waals surface area (Å²) in [7, 11) is 0. The first-order valence-electron chi connectivity index (χ1n) is 17.0. The molecule has 2 aliphatic heterocycles. The summed E-state index contributed by atoms with van der Waals surface area (Å²) in [6.07, 6.45) is 5.31. The van der Waals surface area contributed by atoms with Crippen molar-refractivity contribution in [3.05, 3.63) is 75.6 Å². The van der Waals surface area contributed by atoms with Crippen LogP contribution in [0.2, 0.25) is 10.0 Å². The first kappa shape index (κ1) is 36.8. The van der Waals surface area contributed by atoms with Crippen molar-refractivity contribution in [2.75, 3.05) is 25.0 Å². The molecule has 1 amide bonds. The maximum absolute atomic E-state index is 13.4. The van der Waals surface area contributed by atoms with Crippen LogP contribution in [-0.4, -0.2) is 74.1 Å². The van der Waals surface area contributed by atoms with Gasteiger partial charge >= 0.3 is 12.6 Å². The van der Waals surface area contributed by atoms with Gasteiger partial charge in [0.2, 0.25) is 11.8 Å². The first-order valence-corrected chi connectivity index (χ1v) is 18.5. The van der Waals surface area contributed by atoms with Crippen LogP contribution in [0.1, 0.15) is 36.4 Å². The van der Waals surface area contributed by atoms with E-state index in [1.165, 1.54) is 6.20 Å². The molecule has 2 fully saturated rings. The normalized spacial score (nSPS) is 17.5. The molecule has 0 spiro atoms. The third-order valence-electron chi connectivity index (χ3n) is 9.14. The van der Waals surface area contributed by atoms with Crippen molar-refractivity contribution >= 4 is 68.1 Å². The van der Waals surface area contributed by atoms with Gasteiger partial charge in [-0.25, -0.2) is 15.0 Å². The number of carbonyl (C=O) groups excluding carboxylic acids is 1. The van der Waals surface area contributed by atoms with Gasteiger partial charge in [-0.05, 0) is 37.4 Å². The quantitative estimate of drug-likeness (QED) is 0.0910. The molecule has 2 atom stereocenters. The number of ether oxygens (including phenoxy) is 1. The second kappa shape index (κ2) is 16.2. The van der Waals surface area contributed by atoms with Crippen LogP contribution in [0.5, 0.6) is 5.88 Å². The van der Waals surface area contributed by atoms with E-state index in [-0.39, 0.29) is 53.1 Å². The molecule has 0 saturated carbocycles. The summed E-state index contributed by atoms with van der Waals surface area (Å²) in [5.74, 6) is -0.457. The lowest BCUT2D eigenvalue weighted by Gasteiger charge is -2.16. The van der Waals surface area contributed by atoms with E-state index < -0.39 is 12.6 Å². The fourth-order valence-electron chi connectivity index (χ4n) is 6.65. The Morgan fingerprint density at radius 2 is 1.87 bits per heavy atom. The minimum Gasteiger partial charge on any atom is -0.481 e. The van der Waals surface area contributed by atoms with E-state index in [2.05, 4.69) is 35.8 Å². The summed E-state index contributed by atoms with van der Waals surface area (Å²) in [4.78, 5) is 43.1. The number of fused-ring (bicyclic) bond motifs is 1. The molecule has 7 rings (SSSR count). The van der Waals surface area contributed by atoms with Gasteiger partial charge in [0.05, 0.1) is 38.9 Å². The molecule has 2 aromatic carbocycles. The number of likely N-dealkylation sites (tertiary alicyclic amines) is 1. The molecule has 0 radical (unpaired) electrons. The molecule has 276 valence electrons. The van der Waals surface area contributed by atoms with Crippen molar-refractivity contribution in [2.45, 2.75) is 51.4 Å². The highest BCUT2D eigenvalue weighted by molar-refractivity contribution is 7.18. The molecule has 4 N–H and O–H groups in total. The maximum atomic E-state index is 13.4. The summed E-state index contributed by atoms with van der Waals surface area (Å²) in [5, 5.41) is 20.0. The molecule has 17 heteroatoms. The van der Waals surface area contributed by atoms with Crippen molar-refractivity contribution < 1.29 is 28.2 Å². The predicted octanol–water partition coefficient (Wildman–Crippen LogP) is 7.13. The zero-order chi connectivity index (χ0) is 37.1. The van der Waals surface area contributed by atoms with Gasteiger partial charge in [0, 0.05) is 61.4 Å². The SMILES string of the molecule is O=C(O)CC1CCN(Cc2nc3c(Nc4cccc(-c5cccc(-c6cnc(CNCC7CCC(=O)N7)c(OC(F)F)n6)c5Cl)c4Cl)nccc3s2)C1. The number of hydrogen-bond acceptors (Lipinski definition) is 11. The van der Waals surface area contributed by atoms with Gasteiger partial charge in [0.25, 0.3) is 0 Å². The second-order valence-electron chi connectivity index (χ2n) is 12.9. The molecule has 12 nitrogen and oxygen atoms in total. The zero-order valence-electron chi connectivity index (χ0n) is 28.1. The minimum absolute atomic E-state index is 0.0183. The van der Waals surface area contributed by atoms with Gasteiger partial charge in [-0.3, -0.25) is 19.5 Å². The third kappa shape index (κ3) is 8.65. The molecule has 2 aliphatic rings. The van der Waals surface area contributed by atoms with E-state index in [0.29, 0.717) is 64.7 Å². The number of halogens is 4. The standard InChI is InChI=1S/C36H34Cl2F2N8O4S/c37-31-21(3-1-5-23(31)25-16-43-26(35(46-25)52-36(39)40)15-41-14-20-7-8-28(49)44-20)22-4-2-6-24(32(22)38)45-34-33-27(9-11-42-34)53-29(47-33)18-48-12-10-19(17-48)13-30(50)51/h1-6,9,11,16,19-20,36,41H,7-8,10,12-15,17-18H2,(H,42,45)(H,44,49)(H,50,51). The van der Waals surface area contributed by atoms with Crippen molar-refractivity contribution in [3.63, 3.8) is 0 Å². The number of nitrogens with one attached hydrogen (secondary N) is 3. The van der Waals surface area contributed by atoms with Crippen LogP contribution < -0.4 is 20.7 Å². The van der Waals surface area contributed by atoms with Gasteiger partial charge in [-0.1, -0.05) is 53.5 Å². The predicted molar refractivity (Wildman–Crippen MR) is 199 cm³/mol. The number of nitrogens with zero attached hydrogens (tertiary/aromatic N) is 5. The van der Waals surface area contributed by atoms with Crippen LogP contribution >= 0.6 is 34.5 Å². The Balaban J connectivity index is 1.10. The molecule has 0 aliphatic carbocycles. The maximum Gasteiger partial charge on any atom is 0.388 e. The Labute approximate surface area is 316 Å². The van der Waals surface area contributed by atoms with Crippen LogP contribution in [0.15, 0.2) is 54.9 Å². The van der Waals surface area contributed by atoms with E-state index in [9.17, 15) is 18.4 Å². The molecule has 2 saturated heterocycles. The van der Waals surface area contributed by atoms with E-state index in [1.54, 1.807) is 35.7 Å². The summed E-state index contributed by atoms with van der Waals surface area (Å²) < 4.78 is 32.6. The van der Waals surface area contributed by atoms with Crippen molar-refractivity contribution in [1.82, 2.24) is 35.5 Å². The molecule has 3 aromatic heterocycles. The number of aliphatic carboxylic acids is 1. The van der Waals surface area contributed by atoms with Crippen LogP contribution in [0.3, 0.4) is 0 Å². The average Bonchev–Trinajstić information content (AvgIpc) is 3.86. The number of carboxylic acids is 1. The number of hydrogen-bond donors (Lipinski definition) is 4. The lowest BCUT2D eigenvalue weighted by atomic mass is 10.0. The van der Waals surface area contributed by atoms with Crippen molar-refractivity contribution in [3.8, 4) is 28.3 Å². The van der Waals surface area contributed by atoms with Crippen LogP contribution in [0, 0.1) is 5.92 Å². The summed E-state index contributed by atoms with van der Waals surface area (Å²) >= 11 is 15.6. The first-order chi connectivity index (χ1) is 25.6. The number of aromatic nitrogens is 4. The van der Waals surface area contributed by atoms with Gasteiger partial charge in [-0.15, -0.1) is 11.3 Å². The summed E-state index contributed by atoms with van der Waals surface area (Å²) in [5.41, 5.74) is 3.30. The highest BCUT2D eigenvalue weighted by atomic mass is 35.5. The van der Waals surface area contributed by atoms with E-state index >= 15 is 0 Å². The number of amides is 1. The number of pyridine rings is 1. The molecular weight excluding hydrogens is 749 g/mol. The van der Waals surface area contributed by atoms with Gasteiger partial charge in [-0.2, -0.15) is 8.78 Å². The second-order valence-corrected chi connectivity index (χ2v) is 14.8. The smallest absolute Gasteiger partial charge is 0.388 e. The molecule has 5 heterocycles. The topological polar surface area (TPSA) is 154 Å². The number of rotatable bonds is 14. The van der Waals surface area contributed by atoms with Crippen LogP contribution in [0.4, 0.5) is 20.3 Å². The van der Waals surface area contributed by atoms with Gasteiger partial charge < -0.3 is 25.8 Å². The Kier molecular flexibility index (Phi) is 11.3. The lowest BCUT2D eigenvalue weighted by molar-refractivity contribution is -0.138. The van der Waals surface area contributed by atoms with Crippen molar-refractivity contribution in [2.24, 2.45) is 5.92 Å². The Bertz CT molecular complexity index is 2160. The van der Waals surface area contributed by atoms with E-state index in [0.717, 1.165) is 29.2 Å². The molecule has 53 heavy (non-hydrogen) atoms. The average molecular weight is 784 g/mol. The molecular formula is C36H34Cl2F2N8O4S. The number of carboxylic acid groups (broad SMARTS) is 1. The van der Waals surface area contributed by atoms with E-state index in [1.807, 2.05) is 24.3 Å². The van der Waals surface area contributed by atoms with Crippen LogP contribution in [0.25, 0.3) is 32.6 Å². The lowest BCUT2D eigenvalue weighted by Crippen LogP contribution is -2.35. The number of alkyl halides is 2. The number of anilines is 2. The number of benzene rings is 2. The minimum atomic E-state index is -3.12. The van der Waals surface area contributed by atoms with Crippen LogP contribution in [-0.2, 0) is 22.7 Å². The number of thiazole rings is 1. The van der Waals surface area contributed by atoms with Crippen molar-refractivity contribution in [1.29, 1.82) is 0 Å². The highest BCUT2D eigenvalue weighted by Gasteiger charge is 2.26. The summed E-state index contributed by atoms with van der Waals surface area (Å²) in [6.45, 7) is -0.404. The van der Waals surface area contributed by atoms with Gasteiger partial charge in [0.1, 0.15) is 16.2 Å². The van der Waals surface area contributed by atoms with E-state index in [4.69, 9.17) is 38.0 Å². The zero-order valence-corrected chi connectivity index (χ0v) is 30.4. The fourth-order valence-corrected chi connectivity index (χ4v) is 8.25. The van der Waals surface area contributed by atoms with Gasteiger partial charge in [0.15, 0.2) is 5.82 Å². The molecule has 0 bridgehead atoms. The largest absolute Gasteiger partial charge is 0.481 e. The number of carbonyl (C=O) groups is 2. The molecule has 5 aromatic rings. The Morgan fingerprint density at radius 1 is 1.08 bits per heavy atom. The monoisotopic (exact) mass is 782 g/mol. The third-order valence-corrected chi connectivity index (χ3v) is 11.0. The summed E-state index contributed by atoms with van der Waals surface area (Å²) in [6, 6.07) is 12.6. The highest BCUT2D eigenvalue weighted by Crippen LogP contribution is 2.42. The fraction of sp³-hybridized carbons (Fsp3) is 0.333. The Hall–Kier alpha value is -4.54. The molecule has 2 unspecified atom stereocenters. The Morgan fingerprint density at radius 3 is 2.64 bits per heavy atom.